The first-order chi connectivity index (χ1) is 7.36. The van der Waals surface area contributed by atoms with Gasteiger partial charge in [0.1, 0.15) is 0 Å². The van der Waals surface area contributed by atoms with E-state index < -0.39 is 24.0 Å². The van der Waals surface area contributed by atoms with E-state index in [9.17, 15) is 9.59 Å². The molecule has 6 N–H and O–H groups in total. The van der Waals surface area contributed by atoms with E-state index in [-0.39, 0.29) is 0 Å². The minimum absolute atomic E-state index is 0.370. The summed E-state index contributed by atoms with van der Waals surface area (Å²) in [4.78, 5) is 19.9. The monoisotopic (exact) mass is 365 g/mol. The Kier molecular flexibility index (Phi) is 13.0. The third kappa shape index (κ3) is 12.0. The van der Waals surface area contributed by atoms with Crippen LogP contribution in [0, 0.1) is 0 Å². The standard InChI is InChI=1S/C5H11NO2Se.C3H6NO2Se/c1-9-3-2-4(6)5(7)8;4-2(1-7)3(5)6/h4H,2-3,6H2,1H3,(H,7,8);2H,1,4H2,(H,5,6)/t;2-/m.0/s1. The van der Waals surface area contributed by atoms with Gasteiger partial charge in [0, 0.05) is 0 Å². The molecule has 0 amide bonds. The van der Waals surface area contributed by atoms with Gasteiger partial charge in [0.15, 0.2) is 0 Å². The number of hydrogen-bond acceptors (Lipinski definition) is 4. The molecular formula is C8H17N2O4Se2. The van der Waals surface area contributed by atoms with Gasteiger partial charge in [-0.2, -0.15) is 0 Å². The second-order valence-electron chi connectivity index (χ2n) is 2.84. The number of hydrogen-bond donors (Lipinski definition) is 4. The van der Waals surface area contributed by atoms with E-state index in [0.29, 0.717) is 26.7 Å². The van der Waals surface area contributed by atoms with Gasteiger partial charge < -0.3 is 0 Å². The van der Waals surface area contributed by atoms with Gasteiger partial charge in [-0.05, 0) is 0 Å². The number of aliphatic carboxylic acids is 2. The number of nitrogens with two attached hydrogens (primary N) is 2. The molecule has 0 aromatic heterocycles. The Hall–Kier alpha value is -0.101. The van der Waals surface area contributed by atoms with Gasteiger partial charge in [-0.3, -0.25) is 0 Å². The first-order valence-corrected chi connectivity index (χ1v) is 8.54. The van der Waals surface area contributed by atoms with Crippen molar-refractivity contribution in [1.29, 1.82) is 0 Å². The topological polar surface area (TPSA) is 127 Å². The molecule has 0 fully saturated rings. The second-order valence-corrected chi connectivity index (χ2v) is 5.60. The Morgan fingerprint density at radius 1 is 1.25 bits per heavy atom. The third-order valence-corrected chi connectivity index (χ3v) is 3.55. The quantitative estimate of drug-likeness (QED) is 0.446. The second kappa shape index (κ2) is 11.4. The van der Waals surface area contributed by atoms with Gasteiger partial charge in [0.05, 0.1) is 0 Å². The minimum atomic E-state index is -0.959. The van der Waals surface area contributed by atoms with Crippen molar-refractivity contribution < 1.29 is 19.8 Å². The summed E-state index contributed by atoms with van der Waals surface area (Å²) < 4.78 is 0. The van der Waals surface area contributed by atoms with Crippen LogP contribution in [-0.2, 0) is 9.59 Å². The molecule has 0 rings (SSSR count). The Morgan fingerprint density at radius 2 is 1.69 bits per heavy atom. The zero-order valence-electron chi connectivity index (χ0n) is 8.96. The third-order valence-electron chi connectivity index (χ3n) is 1.45. The van der Waals surface area contributed by atoms with E-state index in [1.165, 1.54) is 0 Å². The average Bonchev–Trinajstić information content (AvgIpc) is 2.25. The van der Waals surface area contributed by atoms with Crippen LogP contribution in [0.1, 0.15) is 6.42 Å². The van der Waals surface area contributed by atoms with Crippen molar-refractivity contribution in [3.63, 3.8) is 0 Å². The molecule has 6 nitrogen and oxygen atoms in total. The summed E-state index contributed by atoms with van der Waals surface area (Å²) in [6.07, 6.45) is 0.617. The maximum atomic E-state index is 10.1. The average molecular weight is 363 g/mol. The molecule has 0 aliphatic rings. The van der Waals surface area contributed by atoms with Crippen molar-refractivity contribution in [2.75, 3.05) is 0 Å². The fourth-order valence-corrected chi connectivity index (χ4v) is 1.77. The van der Waals surface area contributed by atoms with Crippen LogP contribution >= 0.6 is 0 Å². The van der Waals surface area contributed by atoms with Gasteiger partial charge in [0.25, 0.3) is 0 Å². The molecular weight excluding hydrogens is 346 g/mol. The first kappa shape index (κ1) is 18.3. The molecule has 2 atom stereocenters. The number of carboxylic acids is 2. The van der Waals surface area contributed by atoms with E-state index in [0.717, 1.165) is 5.32 Å². The molecule has 1 radical (unpaired) electrons. The number of carbonyl (C=O) groups is 2. The van der Waals surface area contributed by atoms with E-state index >= 15 is 0 Å². The number of rotatable bonds is 6. The van der Waals surface area contributed by atoms with E-state index in [4.69, 9.17) is 21.7 Å². The van der Waals surface area contributed by atoms with Crippen molar-refractivity contribution >= 4 is 42.9 Å². The van der Waals surface area contributed by atoms with Gasteiger partial charge in [-0.15, -0.1) is 0 Å². The van der Waals surface area contributed by atoms with Crippen LogP contribution in [0.4, 0.5) is 0 Å². The SMILES string of the molecule is C[Se]CCC(N)C(=O)O.N[C@@H](C[Se])C(=O)O. The molecule has 0 saturated carbocycles. The van der Waals surface area contributed by atoms with Crippen molar-refractivity contribution in [2.24, 2.45) is 11.5 Å². The Balaban J connectivity index is 0. The van der Waals surface area contributed by atoms with Crippen molar-refractivity contribution in [1.82, 2.24) is 0 Å². The molecule has 95 valence electrons. The zero-order valence-corrected chi connectivity index (χ0v) is 12.4. The maximum absolute atomic E-state index is 10.1. The van der Waals surface area contributed by atoms with Crippen molar-refractivity contribution in [3.8, 4) is 0 Å². The predicted molar refractivity (Wildman–Crippen MR) is 62.8 cm³/mol. The van der Waals surface area contributed by atoms with Crippen LogP contribution in [0.2, 0.25) is 16.5 Å². The van der Waals surface area contributed by atoms with E-state index in [1.54, 1.807) is 0 Å². The van der Waals surface area contributed by atoms with Crippen molar-refractivity contribution in [3.05, 3.63) is 0 Å². The van der Waals surface area contributed by atoms with Gasteiger partial charge in [-0.25, -0.2) is 0 Å². The molecule has 8 heteroatoms. The molecule has 0 aliphatic heterocycles. The zero-order chi connectivity index (χ0) is 13.1. The molecule has 16 heavy (non-hydrogen) atoms. The fraction of sp³-hybridized carbons (Fsp3) is 0.750. The summed E-state index contributed by atoms with van der Waals surface area (Å²) in [6, 6.07) is -1.38. The van der Waals surface area contributed by atoms with E-state index in [2.05, 4.69) is 21.8 Å². The Bertz CT molecular complexity index is 216. The Labute approximate surface area is 109 Å². The summed E-state index contributed by atoms with van der Waals surface area (Å²) >= 11 is 3.07. The predicted octanol–water partition coefficient (Wildman–Crippen LogP) is -1.06. The Morgan fingerprint density at radius 3 is 1.88 bits per heavy atom. The summed E-state index contributed by atoms with van der Waals surface area (Å²) in [5, 5.41) is 17.7. The van der Waals surface area contributed by atoms with Gasteiger partial charge in [-0.1, -0.05) is 0 Å². The summed E-state index contributed by atoms with van der Waals surface area (Å²) in [7, 11) is 0. The van der Waals surface area contributed by atoms with Gasteiger partial charge in [0.2, 0.25) is 0 Å². The van der Waals surface area contributed by atoms with Gasteiger partial charge >= 0.3 is 109 Å². The van der Waals surface area contributed by atoms with Crippen LogP contribution in [0.15, 0.2) is 0 Å². The summed E-state index contributed by atoms with van der Waals surface area (Å²) in [6.45, 7) is 0. The molecule has 0 heterocycles. The molecule has 1 unspecified atom stereocenters. The van der Waals surface area contributed by atoms with Crippen LogP contribution < -0.4 is 11.5 Å². The molecule has 0 spiro atoms. The summed E-state index contributed by atoms with van der Waals surface area (Å²) in [5.41, 5.74) is 10.2. The molecule has 0 bridgehead atoms. The number of carboxylic acid groups (broad SMARTS) is 2. The molecule has 0 saturated heterocycles. The van der Waals surface area contributed by atoms with Crippen molar-refractivity contribution in [2.45, 2.75) is 35.0 Å². The van der Waals surface area contributed by atoms with Crippen LogP contribution in [-0.4, -0.2) is 65.2 Å². The normalized spacial score (nSPS) is 13.2. The molecule has 0 aromatic carbocycles. The van der Waals surface area contributed by atoms with Crippen LogP contribution in [0.25, 0.3) is 0 Å². The first-order valence-electron chi connectivity index (χ1n) is 4.40. The van der Waals surface area contributed by atoms with E-state index in [1.807, 2.05) is 0 Å². The molecule has 0 aliphatic carbocycles. The molecule has 0 aromatic rings. The van der Waals surface area contributed by atoms with Crippen LogP contribution in [0.3, 0.4) is 0 Å². The van der Waals surface area contributed by atoms with Crippen LogP contribution in [0.5, 0.6) is 0 Å². The fourth-order valence-electron chi connectivity index (χ4n) is 0.440. The summed E-state index contributed by atoms with van der Waals surface area (Å²) in [5.74, 6) is 0.222.